The smallest absolute Gasteiger partial charge is 0.315 e. The van der Waals surface area contributed by atoms with Gasteiger partial charge in [-0.1, -0.05) is 13.8 Å². The number of aryl methyl sites for hydroxylation is 1. The van der Waals surface area contributed by atoms with E-state index in [0.717, 1.165) is 11.3 Å². The van der Waals surface area contributed by atoms with Crippen LogP contribution in [0.5, 0.6) is 0 Å². The van der Waals surface area contributed by atoms with E-state index in [-0.39, 0.29) is 18.5 Å². The van der Waals surface area contributed by atoms with Crippen molar-refractivity contribution in [1.29, 1.82) is 0 Å². The number of hydrogen-bond donors (Lipinski definition) is 3. The summed E-state index contributed by atoms with van der Waals surface area (Å²) in [7, 11) is 1.86. The first-order valence-electron chi connectivity index (χ1n) is 6.09. The van der Waals surface area contributed by atoms with Gasteiger partial charge in [0.1, 0.15) is 0 Å². The van der Waals surface area contributed by atoms with Crippen LogP contribution in [-0.4, -0.2) is 33.6 Å². The lowest BCUT2D eigenvalue weighted by Crippen LogP contribution is -2.40. The molecule has 2 amide bonds. The Labute approximate surface area is 107 Å². The Morgan fingerprint density at radius 3 is 2.67 bits per heavy atom. The number of rotatable bonds is 5. The number of aliphatic hydroxyl groups is 1. The third-order valence-corrected chi connectivity index (χ3v) is 3.02. The number of aromatic nitrogens is 2. The van der Waals surface area contributed by atoms with E-state index >= 15 is 0 Å². The molecule has 0 aromatic carbocycles. The Kier molecular flexibility index (Phi) is 5.15. The normalized spacial score (nSPS) is 12.6. The van der Waals surface area contributed by atoms with Crippen LogP contribution in [0, 0.1) is 12.8 Å². The first kappa shape index (κ1) is 14.5. The van der Waals surface area contributed by atoms with Gasteiger partial charge < -0.3 is 15.7 Å². The van der Waals surface area contributed by atoms with Crippen LogP contribution >= 0.6 is 0 Å². The molecule has 0 aliphatic rings. The summed E-state index contributed by atoms with van der Waals surface area (Å²) in [5, 5.41) is 19.0. The lowest BCUT2D eigenvalue weighted by molar-refractivity contribution is 0.125. The van der Waals surface area contributed by atoms with Crippen LogP contribution in [0.15, 0.2) is 6.20 Å². The summed E-state index contributed by atoms with van der Waals surface area (Å²) in [6.07, 6.45) is 1.22. The van der Waals surface area contributed by atoms with Gasteiger partial charge in [0.25, 0.3) is 0 Å². The molecular weight excluding hydrogens is 232 g/mol. The summed E-state index contributed by atoms with van der Waals surface area (Å²) in [6.45, 7) is 6.45. The van der Waals surface area contributed by atoms with Crippen LogP contribution in [-0.2, 0) is 13.6 Å². The largest absolute Gasteiger partial charge is 0.391 e. The molecule has 1 heterocycles. The first-order chi connectivity index (χ1) is 8.41. The second-order valence-electron chi connectivity index (χ2n) is 4.75. The van der Waals surface area contributed by atoms with Gasteiger partial charge in [-0.15, -0.1) is 0 Å². The third-order valence-electron chi connectivity index (χ3n) is 3.02. The van der Waals surface area contributed by atoms with Crippen molar-refractivity contribution in [3.63, 3.8) is 0 Å². The number of carbonyl (C=O) groups is 1. The molecule has 0 radical (unpaired) electrons. The molecule has 6 nitrogen and oxygen atoms in total. The van der Waals surface area contributed by atoms with Gasteiger partial charge >= 0.3 is 6.03 Å². The topological polar surface area (TPSA) is 79.2 Å². The minimum absolute atomic E-state index is 0.130. The number of aliphatic hydroxyl groups excluding tert-OH is 1. The first-order valence-corrected chi connectivity index (χ1v) is 6.09. The Morgan fingerprint density at radius 1 is 1.50 bits per heavy atom. The molecule has 3 N–H and O–H groups in total. The van der Waals surface area contributed by atoms with Gasteiger partial charge in [-0.3, -0.25) is 4.68 Å². The molecule has 0 fully saturated rings. The fourth-order valence-electron chi connectivity index (χ4n) is 1.39. The fourth-order valence-corrected chi connectivity index (χ4v) is 1.39. The Hall–Kier alpha value is -1.56. The highest BCUT2D eigenvalue weighted by Crippen LogP contribution is 2.04. The summed E-state index contributed by atoms with van der Waals surface area (Å²) in [5.41, 5.74) is 2.01. The molecule has 1 aromatic heterocycles. The minimum Gasteiger partial charge on any atom is -0.391 e. The molecule has 6 heteroatoms. The maximum Gasteiger partial charge on any atom is 0.315 e. The third kappa shape index (κ3) is 4.03. The van der Waals surface area contributed by atoms with Crippen LogP contribution in [0.4, 0.5) is 4.79 Å². The number of carbonyl (C=O) groups excluding carboxylic acids is 1. The molecule has 0 spiro atoms. The fraction of sp³-hybridized carbons (Fsp3) is 0.667. The molecule has 1 atom stereocenters. The summed E-state index contributed by atoms with van der Waals surface area (Å²) in [5.74, 6) is 0.130. The van der Waals surface area contributed by atoms with E-state index in [1.165, 1.54) is 0 Å². The van der Waals surface area contributed by atoms with Crippen molar-refractivity contribution >= 4 is 6.03 Å². The quantitative estimate of drug-likeness (QED) is 0.717. The Balaban J connectivity index is 2.31. The second kappa shape index (κ2) is 6.39. The number of nitrogens with one attached hydrogen (secondary N) is 2. The molecule has 0 aliphatic heterocycles. The maximum atomic E-state index is 11.5. The molecule has 1 unspecified atom stereocenters. The molecule has 18 heavy (non-hydrogen) atoms. The second-order valence-corrected chi connectivity index (χ2v) is 4.75. The van der Waals surface area contributed by atoms with E-state index in [4.69, 9.17) is 0 Å². The highest BCUT2D eigenvalue weighted by atomic mass is 16.3. The van der Waals surface area contributed by atoms with E-state index in [1.807, 2.05) is 27.8 Å². The van der Waals surface area contributed by atoms with Crippen molar-refractivity contribution in [2.75, 3.05) is 6.54 Å². The Bertz CT molecular complexity index is 401. The number of nitrogens with zero attached hydrogens (tertiary/aromatic N) is 2. The Morgan fingerprint density at radius 2 is 2.17 bits per heavy atom. The summed E-state index contributed by atoms with van der Waals surface area (Å²) < 4.78 is 1.76. The van der Waals surface area contributed by atoms with Gasteiger partial charge in [0, 0.05) is 31.4 Å². The highest BCUT2D eigenvalue weighted by molar-refractivity contribution is 5.73. The zero-order valence-electron chi connectivity index (χ0n) is 11.4. The van der Waals surface area contributed by atoms with Crippen molar-refractivity contribution < 1.29 is 9.90 Å². The zero-order valence-corrected chi connectivity index (χ0v) is 11.4. The van der Waals surface area contributed by atoms with Gasteiger partial charge in [0.2, 0.25) is 0 Å². The maximum absolute atomic E-state index is 11.5. The lowest BCUT2D eigenvalue weighted by atomic mass is 10.1. The molecule has 0 bridgehead atoms. The van der Waals surface area contributed by atoms with E-state index < -0.39 is 6.10 Å². The average Bonchev–Trinajstić information content (AvgIpc) is 2.64. The summed E-state index contributed by atoms with van der Waals surface area (Å²) in [6, 6.07) is -0.280. The van der Waals surface area contributed by atoms with Crippen LogP contribution in [0.3, 0.4) is 0 Å². The lowest BCUT2D eigenvalue weighted by Gasteiger charge is -2.15. The van der Waals surface area contributed by atoms with Crippen molar-refractivity contribution in [3.05, 3.63) is 17.5 Å². The van der Waals surface area contributed by atoms with Gasteiger partial charge in [-0.25, -0.2) is 4.79 Å². The molecule has 0 aliphatic carbocycles. The van der Waals surface area contributed by atoms with Crippen LogP contribution in [0.2, 0.25) is 0 Å². The van der Waals surface area contributed by atoms with E-state index in [2.05, 4.69) is 15.7 Å². The van der Waals surface area contributed by atoms with Crippen LogP contribution in [0.1, 0.15) is 25.1 Å². The average molecular weight is 254 g/mol. The SMILES string of the molecule is Cc1c(CNC(=O)NCC(O)C(C)C)cnn1C. The van der Waals surface area contributed by atoms with Gasteiger partial charge in [-0.2, -0.15) is 5.10 Å². The summed E-state index contributed by atoms with van der Waals surface area (Å²) >= 11 is 0. The standard InChI is InChI=1S/C12H22N4O2/c1-8(2)11(17)7-14-12(18)13-5-10-6-15-16(4)9(10)3/h6,8,11,17H,5,7H2,1-4H3,(H2,13,14,18). The molecule has 0 saturated heterocycles. The van der Waals surface area contributed by atoms with Crippen molar-refractivity contribution in [1.82, 2.24) is 20.4 Å². The molecule has 1 aromatic rings. The highest BCUT2D eigenvalue weighted by Gasteiger charge is 2.11. The molecular formula is C12H22N4O2. The van der Waals surface area contributed by atoms with E-state index in [9.17, 15) is 9.90 Å². The molecule has 102 valence electrons. The van der Waals surface area contributed by atoms with Crippen molar-refractivity contribution in [2.45, 2.75) is 33.4 Å². The van der Waals surface area contributed by atoms with Crippen molar-refractivity contribution in [2.24, 2.45) is 13.0 Å². The van der Waals surface area contributed by atoms with Gasteiger partial charge in [0.15, 0.2) is 0 Å². The monoisotopic (exact) mass is 254 g/mol. The molecule has 0 saturated carbocycles. The molecule has 1 rings (SSSR count). The van der Waals surface area contributed by atoms with Gasteiger partial charge in [-0.05, 0) is 12.8 Å². The van der Waals surface area contributed by atoms with E-state index in [1.54, 1.807) is 10.9 Å². The summed E-state index contributed by atoms with van der Waals surface area (Å²) in [4.78, 5) is 11.5. The zero-order chi connectivity index (χ0) is 13.7. The predicted molar refractivity (Wildman–Crippen MR) is 69.0 cm³/mol. The number of urea groups is 1. The van der Waals surface area contributed by atoms with E-state index in [0.29, 0.717) is 6.54 Å². The van der Waals surface area contributed by atoms with Crippen LogP contribution < -0.4 is 10.6 Å². The predicted octanol–water partition coefficient (Wildman–Crippen LogP) is 0.545. The number of hydrogen-bond acceptors (Lipinski definition) is 3. The van der Waals surface area contributed by atoms with Crippen molar-refractivity contribution in [3.8, 4) is 0 Å². The minimum atomic E-state index is -0.518. The van der Waals surface area contributed by atoms with Crippen LogP contribution in [0.25, 0.3) is 0 Å². The van der Waals surface area contributed by atoms with Gasteiger partial charge in [0.05, 0.1) is 12.3 Å². The number of amides is 2.